The van der Waals surface area contributed by atoms with Crippen molar-refractivity contribution in [1.29, 1.82) is 0 Å². The van der Waals surface area contributed by atoms with Crippen LogP contribution in [-0.4, -0.2) is 40.8 Å². The second-order valence-corrected chi connectivity index (χ2v) is 18.6. The van der Waals surface area contributed by atoms with Crippen molar-refractivity contribution in [2.24, 2.45) is 4.40 Å². The lowest BCUT2D eigenvalue weighted by molar-refractivity contribution is -0.131. The highest BCUT2D eigenvalue weighted by Crippen LogP contribution is 2.43. The molecule has 39 heavy (non-hydrogen) atoms. The molecule has 0 N–H and O–H groups in total. The van der Waals surface area contributed by atoms with Crippen molar-refractivity contribution in [3.8, 4) is 5.75 Å². The van der Waals surface area contributed by atoms with E-state index in [-0.39, 0.29) is 29.1 Å². The zero-order valence-corrected chi connectivity index (χ0v) is 25.9. The summed E-state index contributed by atoms with van der Waals surface area (Å²) in [5, 5.41) is -1.05. The van der Waals surface area contributed by atoms with Crippen LogP contribution in [-0.2, 0) is 24.0 Å². The minimum absolute atomic E-state index is 0.0283. The molecule has 1 unspecified atom stereocenters. The Morgan fingerprint density at radius 3 is 2.28 bits per heavy atom. The number of carbonyl (C=O) groups is 1. The maximum absolute atomic E-state index is 14.9. The first kappa shape index (κ1) is 31.0. The van der Waals surface area contributed by atoms with Gasteiger partial charge in [0, 0.05) is 20.0 Å². The van der Waals surface area contributed by atoms with Gasteiger partial charge >= 0.3 is 5.97 Å². The van der Waals surface area contributed by atoms with Crippen molar-refractivity contribution in [2.45, 2.75) is 89.3 Å². The highest BCUT2D eigenvalue weighted by molar-refractivity contribution is 7.90. The van der Waals surface area contributed by atoms with Crippen LogP contribution in [0.3, 0.4) is 0 Å². The molecule has 10 heteroatoms. The van der Waals surface area contributed by atoms with Crippen molar-refractivity contribution < 1.29 is 31.5 Å². The Morgan fingerprint density at radius 2 is 1.74 bits per heavy atom. The molecule has 0 aromatic heterocycles. The summed E-state index contributed by atoms with van der Waals surface area (Å²) in [7, 11) is -6.06. The molecule has 7 nitrogen and oxygen atoms in total. The molecule has 0 radical (unpaired) electrons. The van der Waals surface area contributed by atoms with Crippen LogP contribution >= 0.6 is 0 Å². The molecule has 1 heterocycles. The molecule has 2 atom stereocenters. The summed E-state index contributed by atoms with van der Waals surface area (Å²) in [6.45, 7) is 15.9. The van der Waals surface area contributed by atoms with Gasteiger partial charge in [-0.05, 0) is 73.6 Å². The lowest BCUT2D eigenvalue weighted by atomic mass is 9.91. The van der Waals surface area contributed by atoms with E-state index in [0.29, 0.717) is 29.9 Å². The highest BCUT2D eigenvalue weighted by Gasteiger charge is 2.47. The molecule has 0 saturated carbocycles. The minimum atomic E-state index is -4.03. The highest BCUT2D eigenvalue weighted by atomic mass is 32.2. The van der Waals surface area contributed by atoms with E-state index >= 15 is 0 Å². The van der Waals surface area contributed by atoms with Crippen molar-refractivity contribution >= 4 is 30.2 Å². The molecular weight excluding hydrogens is 537 g/mol. The predicted octanol–water partition coefficient (Wildman–Crippen LogP) is 6.92. The summed E-state index contributed by atoms with van der Waals surface area (Å²) in [5.41, 5.74) is -0.218. The molecule has 0 saturated heterocycles. The lowest BCUT2D eigenvalue weighted by Gasteiger charge is -2.38. The molecule has 0 aliphatic carbocycles. The van der Waals surface area contributed by atoms with Crippen LogP contribution in [0.25, 0.3) is 0 Å². The molecule has 214 valence electrons. The Balaban J connectivity index is 1.88. The SMILES string of the molecule is CC(=O)Oc1ccc(C2C(C)(C)OC(C[C@@H](CCO[Si](C)(C)C(C)(C)C)c3ccccc3F)=NS2(=O)=O)cc1. The Kier molecular flexibility index (Phi) is 9.14. The van der Waals surface area contributed by atoms with E-state index in [0.717, 1.165) is 0 Å². The second kappa shape index (κ2) is 11.5. The number of hydrogen-bond acceptors (Lipinski definition) is 6. The van der Waals surface area contributed by atoms with Gasteiger partial charge in [-0.15, -0.1) is 4.40 Å². The number of nitrogens with zero attached hydrogens (tertiary/aromatic N) is 1. The molecule has 0 amide bonds. The van der Waals surface area contributed by atoms with E-state index < -0.39 is 35.2 Å². The van der Waals surface area contributed by atoms with Crippen LogP contribution < -0.4 is 4.74 Å². The molecule has 0 bridgehead atoms. The lowest BCUT2D eigenvalue weighted by Crippen LogP contribution is -2.43. The van der Waals surface area contributed by atoms with Gasteiger partial charge in [0.25, 0.3) is 10.0 Å². The Morgan fingerprint density at radius 1 is 1.13 bits per heavy atom. The average molecular weight is 578 g/mol. The third-order valence-electron chi connectivity index (χ3n) is 7.49. The van der Waals surface area contributed by atoms with E-state index in [4.69, 9.17) is 13.9 Å². The largest absolute Gasteiger partial charge is 0.472 e. The summed E-state index contributed by atoms with van der Waals surface area (Å²) in [5.74, 6) is -0.854. The second-order valence-electron chi connectivity index (χ2n) is 12.1. The first-order chi connectivity index (χ1) is 17.9. The summed E-state index contributed by atoms with van der Waals surface area (Å²) in [6.07, 6.45) is 0.597. The monoisotopic (exact) mass is 577 g/mol. The normalized spacial score (nSPS) is 19.5. The van der Waals surface area contributed by atoms with Crippen LogP contribution in [0.5, 0.6) is 5.75 Å². The van der Waals surface area contributed by atoms with Gasteiger partial charge in [-0.1, -0.05) is 51.1 Å². The topological polar surface area (TPSA) is 91.3 Å². The number of ether oxygens (including phenoxy) is 2. The standard InChI is InChI=1S/C29H40FNO6SSi/c1-20(32)36-23-15-13-21(14-16-23)27-29(5,6)37-26(31-38(27,33)34)19-22(24-11-9-10-12-25(24)30)17-18-35-39(7,8)28(2,3)4/h9-16,22,27H,17-19H2,1-8H3/t22-,27?/m1/s1. The number of benzene rings is 2. The minimum Gasteiger partial charge on any atom is -0.472 e. The quantitative estimate of drug-likeness (QED) is 0.183. The van der Waals surface area contributed by atoms with Crippen LogP contribution in [0.1, 0.15) is 76.7 Å². The predicted molar refractivity (Wildman–Crippen MR) is 154 cm³/mol. The van der Waals surface area contributed by atoms with Crippen molar-refractivity contribution in [3.63, 3.8) is 0 Å². The molecule has 0 spiro atoms. The fraction of sp³-hybridized carbons (Fsp3) is 0.517. The van der Waals surface area contributed by atoms with Crippen LogP contribution in [0.15, 0.2) is 52.9 Å². The zero-order valence-electron chi connectivity index (χ0n) is 24.1. The third-order valence-corrected chi connectivity index (χ3v) is 13.9. The van der Waals surface area contributed by atoms with Crippen molar-refractivity contribution in [3.05, 3.63) is 65.5 Å². The molecule has 0 fully saturated rings. The van der Waals surface area contributed by atoms with E-state index in [1.165, 1.54) is 25.1 Å². The summed E-state index contributed by atoms with van der Waals surface area (Å²) in [4.78, 5) is 11.2. The van der Waals surface area contributed by atoms with Gasteiger partial charge in [-0.2, -0.15) is 0 Å². The van der Waals surface area contributed by atoms with E-state index in [2.05, 4.69) is 38.3 Å². The third kappa shape index (κ3) is 7.55. The molecule has 1 aliphatic rings. The number of halogens is 1. The van der Waals surface area contributed by atoms with Crippen LogP contribution in [0, 0.1) is 5.82 Å². The fourth-order valence-electron chi connectivity index (χ4n) is 4.52. The fourth-order valence-corrected chi connectivity index (χ4v) is 7.34. The number of hydrogen-bond donors (Lipinski definition) is 0. The number of rotatable bonds is 9. The van der Waals surface area contributed by atoms with Gasteiger partial charge < -0.3 is 13.9 Å². The summed E-state index contributed by atoms with van der Waals surface area (Å²) < 4.78 is 63.5. The average Bonchev–Trinajstić information content (AvgIpc) is 2.77. The number of esters is 1. The van der Waals surface area contributed by atoms with Gasteiger partial charge in [0.15, 0.2) is 8.32 Å². The zero-order chi connectivity index (χ0) is 29.2. The maximum Gasteiger partial charge on any atom is 0.308 e. The number of sulfonamides is 1. The van der Waals surface area contributed by atoms with Gasteiger partial charge in [-0.3, -0.25) is 4.79 Å². The molecular formula is C29H40FNO6SSi. The first-order valence-corrected chi connectivity index (χ1v) is 17.5. The van der Waals surface area contributed by atoms with Crippen molar-refractivity contribution in [2.75, 3.05) is 6.61 Å². The summed E-state index contributed by atoms with van der Waals surface area (Å²) >= 11 is 0. The number of carbonyl (C=O) groups excluding carboxylic acids is 1. The van der Waals surface area contributed by atoms with Gasteiger partial charge in [-0.25, -0.2) is 12.8 Å². The van der Waals surface area contributed by atoms with Gasteiger partial charge in [0.05, 0.1) is 0 Å². The Labute approximate surface area is 233 Å². The van der Waals surface area contributed by atoms with Crippen LogP contribution in [0.4, 0.5) is 4.39 Å². The van der Waals surface area contributed by atoms with Gasteiger partial charge in [0.2, 0.25) is 5.90 Å². The molecule has 2 aromatic rings. The molecule has 2 aromatic carbocycles. The van der Waals surface area contributed by atoms with Gasteiger partial charge in [0.1, 0.15) is 22.4 Å². The van der Waals surface area contributed by atoms with E-state index in [1.54, 1.807) is 44.2 Å². The molecule has 1 aliphatic heterocycles. The first-order valence-electron chi connectivity index (χ1n) is 13.1. The van der Waals surface area contributed by atoms with E-state index in [9.17, 15) is 17.6 Å². The van der Waals surface area contributed by atoms with Crippen LogP contribution in [0.2, 0.25) is 18.1 Å². The molecule has 3 rings (SSSR count). The Hall–Kier alpha value is -2.56. The summed E-state index contributed by atoms with van der Waals surface area (Å²) in [6, 6.07) is 12.8. The van der Waals surface area contributed by atoms with Crippen molar-refractivity contribution in [1.82, 2.24) is 0 Å². The Bertz CT molecular complexity index is 1320. The maximum atomic E-state index is 14.9. The smallest absolute Gasteiger partial charge is 0.308 e. The van der Waals surface area contributed by atoms with E-state index in [1.807, 2.05) is 0 Å².